The molecule has 24 heavy (non-hydrogen) atoms. The van der Waals surface area contributed by atoms with E-state index in [1.807, 2.05) is 6.07 Å². The Balaban J connectivity index is 2.42. The molecule has 0 aliphatic heterocycles. The minimum Gasteiger partial charge on any atom is -0.480 e. The lowest BCUT2D eigenvalue weighted by Gasteiger charge is -2.13. The number of nitrogens with one attached hydrogen (secondary N) is 1. The lowest BCUT2D eigenvalue weighted by atomic mass is 10.2. The van der Waals surface area contributed by atoms with Crippen molar-refractivity contribution in [3.05, 3.63) is 40.8 Å². The van der Waals surface area contributed by atoms with Crippen LogP contribution in [-0.2, 0) is 14.4 Å². The molecular weight excluding hydrogens is 332 g/mol. The van der Waals surface area contributed by atoms with E-state index >= 15 is 0 Å². The molecule has 0 fully saturated rings. The number of carbonyl (C=O) groups excluding carboxylic acids is 2. The van der Waals surface area contributed by atoms with Crippen LogP contribution in [0, 0.1) is 0 Å². The fourth-order valence-corrected chi connectivity index (χ4v) is 2.61. The molecule has 0 radical (unpaired) electrons. The molecule has 0 spiro atoms. The van der Waals surface area contributed by atoms with E-state index < -0.39 is 17.9 Å². The predicted octanol–water partition coefficient (Wildman–Crippen LogP) is 2.75. The van der Waals surface area contributed by atoms with Gasteiger partial charge < -0.3 is 10.4 Å². The minimum atomic E-state index is -1.25. The average Bonchev–Trinajstić information content (AvgIpc) is 2.54. The summed E-state index contributed by atoms with van der Waals surface area (Å²) in [5.41, 5.74) is 8.12. The van der Waals surface area contributed by atoms with Gasteiger partial charge in [0, 0.05) is 29.2 Å². The summed E-state index contributed by atoms with van der Waals surface area (Å²) in [5.74, 6) is -1.69. The zero-order valence-corrected chi connectivity index (χ0v) is 13.7. The van der Waals surface area contributed by atoms with Crippen molar-refractivity contribution in [2.24, 2.45) is 5.11 Å². The predicted molar refractivity (Wildman–Crippen MR) is 89.4 cm³/mol. The molecule has 2 N–H and O–H groups in total. The number of carboxylic acid groups (broad SMARTS) is 1. The second kappa shape index (κ2) is 11.1. The lowest BCUT2D eigenvalue weighted by Crippen LogP contribution is -2.41. The standard InChI is InChI=1S/C15H18N4O4S/c16-19-17-9-5-4-8-13(20)18-12(15(22)23)10-14(21)24-11-6-2-1-3-7-11/h1-3,6-7,12H,4-5,8-10H2,(H,18,20)(H,22,23)/t12-/m0/s1. The van der Waals surface area contributed by atoms with E-state index in [0.717, 1.165) is 16.7 Å². The summed E-state index contributed by atoms with van der Waals surface area (Å²) in [6, 6.07) is 7.63. The van der Waals surface area contributed by atoms with Gasteiger partial charge in [-0.1, -0.05) is 35.1 Å². The molecule has 0 saturated heterocycles. The summed E-state index contributed by atoms with van der Waals surface area (Å²) in [4.78, 5) is 38.2. The van der Waals surface area contributed by atoms with Gasteiger partial charge >= 0.3 is 5.97 Å². The molecule has 0 aliphatic carbocycles. The first-order valence-electron chi connectivity index (χ1n) is 7.31. The highest BCUT2D eigenvalue weighted by Gasteiger charge is 2.23. The molecule has 0 saturated carbocycles. The molecule has 8 nitrogen and oxygen atoms in total. The Morgan fingerprint density at radius 3 is 2.58 bits per heavy atom. The number of azide groups is 1. The minimum absolute atomic E-state index is 0.116. The number of amides is 1. The summed E-state index contributed by atoms with van der Waals surface area (Å²) in [6.45, 7) is 0.290. The van der Waals surface area contributed by atoms with Crippen molar-refractivity contribution in [2.45, 2.75) is 36.6 Å². The number of carbonyl (C=O) groups is 3. The van der Waals surface area contributed by atoms with Crippen molar-refractivity contribution in [3.63, 3.8) is 0 Å². The van der Waals surface area contributed by atoms with Crippen LogP contribution in [0.2, 0.25) is 0 Å². The van der Waals surface area contributed by atoms with E-state index in [2.05, 4.69) is 15.3 Å². The number of hydrogen-bond donors (Lipinski definition) is 2. The highest BCUT2D eigenvalue weighted by atomic mass is 32.2. The Morgan fingerprint density at radius 1 is 1.25 bits per heavy atom. The number of aliphatic carboxylic acids is 1. The van der Waals surface area contributed by atoms with Crippen LogP contribution in [0.15, 0.2) is 40.3 Å². The highest BCUT2D eigenvalue weighted by molar-refractivity contribution is 8.13. The maximum Gasteiger partial charge on any atom is 0.326 e. The number of carboxylic acids is 1. The van der Waals surface area contributed by atoms with Gasteiger partial charge in [-0.05, 0) is 30.5 Å². The smallest absolute Gasteiger partial charge is 0.326 e. The van der Waals surface area contributed by atoms with Gasteiger partial charge in [0.2, 0.25) is 5.91 Å². The van der Waals surface area contributed by atoms with E-state index in [1.165, 1.54) is 0 Å². The van der Waals surface area contributed by atoms with Crippen LogP contribution in [0.4, 0.5) is 0 Å². The summed E-state index contributed by atoms with van der Waals surface area (Å²) < 4.78 is 0. The number of hydrogen-bond acceptors (Lipinski definition) is 5. The van der Waals surface area contributed by atoms with Crippen molar-refractivity contribution in [1.29, 1.82) is 0 Å². The first-order chi connectivity index (χ1) is 11.5. The number of thioether (sulfide) groups is 1. The van der Waals surface area contributed by atoms with Crippen molar-refractivity contribution in [1.82, 2.24) is 5.32 Å². The number of unbranched alkanes of at least 4 members (excludes halogenated alkanes) is 1. The van der Waals surface area contributed by atoms with Crippen LogP contribution in [-0.4, -0.2) is 34.7 Å². The molecule has 0 heterocycles. The Hall–Kier alpha value is -2.51. The zero-order chi connectivity index (χ0) is 17.8. The maximum atomic E-state index is 11.9. The second-order valence-corrected chi connectivity index (χ2v) is 5.99. The molecule has 0 aliphatic rings. The molecule has 0 unspecified atom stereocenters. The third kappa shape index (κ3) is 8.21. The first-order valence-corrected chi connectivity index (χ1v) is 8.13. The Labute approximate surface area is 143 Å². The van der Waals surface area contributed by atoms with Gasteiger partial charge in [-0.2, -0.15) is 0 Å². The Morgan fingerprint density at radius 2 is 1.96 bits per heavy atom. The number of nitrogens with zero attached hydrogens (tertiary/aromatic N) is 3. The maximum absolute atomic E-state index is 11.9. The van der Waals surface area contributed by atoms with Gasteiger partial charge in [-0.15, -0.1) is 0 Å². The summed E-state index contributed by atoms with van der Waals surface area (Å²) >= 11 is 0.943. The van der Waals surface area contributed by atoms with Gasteiger partial charge in [0.25, 0.3) is 0 Å². The normalized spacial score (nSPS) is 11.2. The molecule has 128 valence electrons. The van der Waals surface area contributed by atoms with E-state index in [9.17, 15) is 14.4 Å². The molecule has 9 heteroatoms. The third-order valence-electron chi connectivity index (χ3n) is 2.95. The molecule has 1 rings (SSSR count). The molecule has 1 aromatic carbocycles. The SMILES string of the molecule is [N-]=[N+]=NCCCCC(=O)N[C@@H](CC(=O)Sc1ccccc1)C(=O)O. The topological polar surface area (TPSA) is 132 Å². The highest BCUT2D eigenvalue weighted by Crippen LogP contribution is 2.20. The molecule has 1 amide bonds. The Bertz CT molecular complexity index is 617. The van der Waals surface area contributed by atoms with Crippen molar-refractivity contribution in [3.8, 4) is 0 Å². The molecule has 0 bridgehead atoms. The van der Waals surface area contributed by atoms with E-state index in [0.29, 0.717) is 19.4 Å². The van der Waals surface area contributed by atoms with Crippen LogP contribution in [0.3, 0.4) is 0 Å². The van der Waals surface area contributed by atoms with E-state index in [4.69, 9.17) is 10.6 Å². The fourth-order valence-electron chi connectivity index (χ4n) is 1.81. The van der Waals surface area contributed by atoms with Crippen LogP contribution in [0.5, 0.6) is 0 Å². The van der Waals surface area contributed by atoms with E-state index in [1.54, 1.807) is 24.3 Å². The van der Waals surface area contributed by atoms with Crippen molar-refractivity contribution < 1.29 is 19.5 Å². The summed E-state index contributed by atoms with van der Waals surface area (Å²) in [7, 11) is 0. The largest absolute Gasteiger partial charge is 0.480 e. The number of benzene rings is 1. The quantitative estimate of drug-likeness (QED) is 0.220. The van der Waals surface area contributed by atoms with Gasteiger partial charge in [0.15, 0.2) is 5.12 Å². The van der Waals surface area contributed by atoms with Crippen LogP contribution in [0.25, 0.3) is 10.4 Å². The second-order valence-electron chi connectivity index (χ2n) is 4.86. The molecule has 0 aromatic heterocycles. The van der Waals surface area contributed by atoms with Crippen LogP contribution < -0.4 is 5.32 Å². The van der Waals surface area contributed by atoms with Crippen molar-refractivity contribution in [2.75, 3.05) is 6.54 Å². The Kier molecular flexibility index (Phi) is 9.03. The molecule has 1 aromatic rings. The zero-order valence-electron chi connectivity index (χ0n) is 12.9. The van der Waals surface area contributed by atoms with Crippen LogP contribution >= 0.6 is 11.8 Å². The van der Waals surface area contributed by atoms with Crippen molar-refractivity contribution >= 4 is 28.8 Å². The van der Waals surface area contributed by atoms with E-state index in [-0.39, 0.29) is 18.0 Å². The van der Waals surface area contributed by atoms with Gasteiger partial charge in [0.05, 0.1) is 0 Å². The molecule has 1 atom stereocenters. The third-order valence-corrected chi connectivity index (χ3v) is 3.86. The number of rotatable bonds is 10. The van der Waals surface area contributed by atoms with Gasteiger partial charge in [0.1, 0.15) is 6.04 Å². The fraction of sp³-hybridized carbons (Fsp3) is 0.400. The summed E-state index contributed by atoms with van der Waals surface area (Å²) in [5, 5.41) is 14.5. The van der Waals surface area contributed by atoms with Crippen LogP contribution in [0.1, 0.15) is 25.7 Å². The van der Waals surface area contributed by atoms with Gasteiger partial charge in [-0.3, -0.25) is 9.59 Å². The lowest BCUT2D eigenvalue weighted by molar-refractivity contribution is -0.142. The first kappa shape index (κ1) is 19.5. The van der Waals surface area contributed by atoms with Gasteiger partial charge in [-0.25, -0.2) is 4.79 Å². The monoisotopic (exact) mass is 350 g/mol. The summed E-state index contributed by atoms with van der Waals surface area (Å²) in [6.07, 6.45) is 0.839. The average molecular weight is 350 g/mol. The molecular formula is C15H18N4O4S.